The van der Waals surface area contributed by atoms with E-state index in [0.29, 0.717) is 5.56 Å². The highest BCUT2D eigenvalue weighted by Gasteiger charge is 2.66. The second-order valence-corrected chi connectivity index (χ2v) is 10.4. The maximum Gasteiger partial charge on any atom is 0.326 e. The molecule has 0 spiro atoms. The summed E-state index contributed by atoms with van der Waals surface area (Å²) in [6.07, 6.45) is 0.832. The molecule has 148 valence electrons. The number of carbonyl (C=O) groups is 4. The summed E-state index contributed by atoms with van der Waals surface area (Å²) in [4.78, 5) is 51.1. The Kier molecular flexibility index (Phi) is 5.52. The van der Waals surface area contributed by atoms with E-state index >= 15 is 0 Å². The van der Waals surface area contributed by atoms with Gasteiger partial charge in [-0.3, -0.25) is 24.1 Å². The summed E-state index contributed by atoms with van der Waals surface area (Å²) in [5.74, 6) is -2.26. The van der Waals surface area contributed by atoms with Crippen molar-refractivity contribution in [3.05, 3.63) is 34.3 Å². The van der Waals surface area contributed by atoms with Crippen LogP contribution in [0.3, 0.4) is 0 Å². The van der Waals surface area contributed by atoms with Gasteiger partial charge in [-0.05, 0) is 30.4 Å². The van der Waals surface area contributed by atoms with Crippen LogP contribution in [0.1, 0.15) is 16.8 Å². The van der Waals surface area contributed by atoms with Gasteiger partial charge < -0.3 is 4.74 Å². The zero-order chi connectivity index (χ0) is 20.2. The van der Waals surface area contributed by atoms with Crippen molar-refractivity contribution in [2.45, 2.75) is 16.1 Å². The maximum atomic E-state index is 12.8. The summed E-state index contributed by atoms with van der Waals surface area (Å²) in [6.45, 7) is -0.876. The molecule has 2 amide bonds. The molecule has 4 rings (SSSR count). The number of hydrogen-bond donors (Lipinski definition) is 0. The minimum atomic E-state index is -0.759. The lowest BCUT2D eigenvalue weighted by molar-refractivity contribution is -0.152. The highest BCUT2D eigenvalue weighted by atomic mass is 79.9. The number of imide groups is 1. The van der Waals surface area contributed by atoms with E-state index < -0.39 is 19.1 Å². The number of halogens is 3. The molecule has 28 heavy (non-hydrogen) atoms. The zero-order valence-corrected chi connectivity index (χ0v) is 19.3. The normalized spacial score (nSPS) is 33.3. The van der Waals surface area contributed by atoms with Gasteiger partial charge in [-0.15, -0.1) is 0 Å². The van der Waals surface area contributed by atoms with Crippen LogP contribution >= 0.6 is 47.8 Å². The molecule has 1 aliphatic heterocycles. The Balaban J connectivity index is 1.36. The molecule has 3 aliphatic rings. The molecule has 0 aromatic heterocycles. The van der Waals surface area contributed by atoms with Crippen LogP contribution < -0.4 is 0 Å². The highest BCUT2D eigenvalue weighted by Crippen LogP contribution is 2.60. The second kappa shape index (κ2) is 7.65. The van der Waals surface area contributed by atoms with Crippen molar-refractivity contribution in [3.63, 3.8) is 0 Å². The Bertz CT molecular complexity index is 826. The fourth-order valence-electron chi connectivity index (χ4n) is 4.61. The van der Waals surface area contributed by atoms with Crippen LogP contribution in [0.4, 0.5) is 0 Å². The van der Waals surface area contributed by atoms with Gasteiger partial charge >= 0.3 is 5.97 Å². The number of likely N-dealkylation sites (tertiary alicyclic amines) is 1. The van der Waals surface area contributed by atoms with Crippen molar-refractivity contribution in [1.82, 2.24) is 4.90 Å². The summed E-state index contributed by atoms with van der Waals surface area (Å²) in [6, 6.07) is 6.69. The molecule has 9 heteroatoms. The van der Waals surface area contributed by atoms with Crippen molar-refractivity contribution in [1.29, 1.82) is 0 Å². The van der Waals surface area contributed by atoms with Crippen LogP contribution in [0.5, 0.6) is 0 Å². The van der Waals surface area contributed by atoms with E-state index in [2.05, 4.69) is 47.8 Å². The van der Waals surface area contributed by atoms with Gasteiger partial charge in [-0.1, -0.05) is 59.9 Å². The van der Waals surface area contributed by atoms with E-state index in [4.69, 9.17) is 4.74 Å². The number of carbonyl (C=O) groups excluding carboxylic acids is 4. The first-order valence-corrected chi connectivity index (χ1v) is 11.5. The number of ketones is 1. The zero-order valence-electron chi connectivity index (χ0n) is 14.5. The van der Waals surface area contributed by atoms with E-state index in [9.17, 15) is 19.2 Å². The molecule has 1 heterocycles. The molecule has 2 saturated carbocycles. The summed E-state index contributed by atoms with van der Waals surface area (Å²) in [5.41, 5.74) is 0.419. The predicted molar refractivity (Wildman–Crippen MR) is 110 cm³/mol. The van der Waals surface area contributed by atoms with Crippen LogP contribution in [0.15, 0.2) is 28.7 Å². The van der Waals surface area contributed by atoms with E-state index in [1.54, 1.807) is 24.3 Å². The van der Waals surface area contributed by atoms with E-state index in [0.717, 1.165) is 15.8 Å². The van der Waals surface area contributed by atoms with E-state index in [-0.39, 0.29) is 50.9 Å². The third-order valence-corrected chi connectivity index (χ3v) is 9.63. The lowest BCUT2D eigenvalue weighted by atomic mass is 9.81. The summed E-state index contributed by atoms with van der Waals surface area (Å²) >= 11 is 10.5. The Morgan fingerprint density at radius 2 is 1.54 bits per heavy atom. The largest absolute Gasteiger partial charge is 0.456 e. The highest BCUT2D eigenvalue weighted by molar-refractivity contribution is 9.12. The monoisotopic (exact) mass is 575 g/mol. The number of ether oxygens (including phenoxy) is 1. The fourth-order valence-corrected chi connectivity index (χ4v) is 6.74. The lowest BCUT2D eigenvalue weighted by Crippen LogP contribution is -2.38. The average molecular weight is 578 g/mol. The standard InChI is InChI=1S/C19H16Br3NO5/c20-9-3-1-8(2-4-9)12(24)7-28-13(25)6-23-18(26)14-10-5-11(15(14)19(23)27)17(22)16(10)21/h1-4,10-11,14-17H,5-7H2/t10-,11+,14+,15-,16+,17-. The third kappa shape index (κ3) is 3.29. The minimum absolute atomic E-state index is 0.0934. The first-order chi connectivity index (χ1) is 13.3. The molecule has 2 bridgehead atoms. The minimum Gasteiger partial charge on any atom is -0.456 e. The molecule has 6 atom stereocenters. The fraction of sp³-hybridized carbons (Fsp3) is 0.474. The number of esters is 1. The van der Waals surface area contributed by atoms with Crippen LogP contribution in [0.2, 0.25) is 0 Å². The van der Waals surface area contributed by atoms with Crippen molar-refractivity contribution in [3.8, 4) is 0 Å². The van der Waals surface area contributed by atoms with Gasteiger partial charge in [0.1, 0.15) is 6.54 Å². The van der Waals surface area contributed by atoms with Gasteiger partial charge in [0.25, 0.3) is 0 Å². The number of nitrogens with zero attached hydrogens (tertiary/aromatic N) is 1. The molecular weight excluding hydrogens is 562 g/mol. The predicted octanol–water partition coefficient (Wildman–Crippen LogP) is 2.95. The van der Waals surface area contributed by atoms with Gasteiger partial charge in [0.2, 0.25) is 11.8 Å². The summed E-state index contributed by atoms with van der Waals surface area (Å²) < 4.78 is 5.85. The Morgan fingerprint density at radius 3 is 2.07 bits per heavy atom. The molecule has 0 radical (unpaired) electrons. The van der Waals surface area contributed by atoms with Gasteiger partial charge in [0, 0.05) is 19.7 Å². The molecule has 1 aromatic carbocycles. The molecule has 0 N–H and O–H groups in total. The number of alkyl halides is 2. The van der Waals surface area contributed by atoms with Crippen molar-refractivity contribution in [2.24, 2.45) is 23.7 Å². The molecule has 2 aliphatic carbocycles. The average Bonchev–Trinajstić information content (AvgIpc) is 3.27. The van der Waals surface area contributed by atoms with Gasteiger partial charge in [0.05, 0.1) is 11.8 Å². The Morgan fingerprint density at radius 1 is 1.00 bits per heavy atom. The van der Waals surface area contributed by atoms with Crippen molar-refractivity contribution < 1.29 is 23.9 Å². The Labute approximate surface area is 186 Å². The molecule has 3 fully saturated rings. The quantitative estimate of drug-likeness (QED) is 0.233. The summed E-state index contributed by atoms with van der Waals surface area (Å²) in [5, 5.41) is 0. The number of benzene rings is 1. The number of hydrogen-bond acceptors (Lipinski definition) is 5. The SMILES string of the molecule is O=C(CN1C(=O)[C@@H]2[C@@H]3C[C@@H]([C@H](Br)[C@@H]3Br)[C@@H]2C1=O)OCC(=O)c1ccc(Br)cc1. The number of Topliss-reactive ketones (excluding diaryl/α,β-unsaturated/α-hetero) is 1. The van der Waals surface area contributed by atoms with E-state index in [1.165, 1.54) is 0 Å². The van der Waals surface area contributed by atoms with Crippen LogP contribution in [-0.2, 0) is 19.1 Å². The maximum absolute atomic E-state index is 12.8. The first kappa shape index (κ1) is 20.2. The Hall–Kier alpha value is -1.06. The van der Waals surface area contributed by atoms with Crippen molar-refractivity contribution >= 4 is 71.4 Å². The van der Waals surface area contributed by atoms with Gasteiger partial charge in [0.15, 0.2) is 12.4 Å². The number of fused-ring (bicyclic) bond motifs is 5. The van der Waals surface area contributed by atoms with E-state index in [1.807, 2.05) is 0 Å². The van der Waals surface area contributed by atoms with Crippen LogP contribution in [-0.4, -0.2) is 51.3 Å². The van der Waals surface area contributed by atoms with Crippen LogP contribution in [0, 0.1) is 23.7 Å². The van der Waals surface area contributed by atoms with Crippen molar-refractivity contribution in [2.75, 3.05) is 13.2 Å². The molecular formula is C19H16Br3NO5. The molecule has 0 unspecified atom stereocenters. The molecule has 1 aromatic rings. The topological polar surface area (TPSA) is 80.8 Å². The molecule has 6 nitrogen and oxygen atoms in total. The first-order valence-electron chi connectivity index (χ1n) is 8.87. The van der Waals surface area contributed by atoms with Gasteiger partial charge in [-0.25, -0.2) is 0 Å². The third-order valence-electron chi connectivity index (χ3n) is 5.90. The van der Waals surface area contributed by atoms with Gasteiger partial charge in [-0.2, -0.15) is 0 Å². The number of amides is 2. The smallest absolute Gasteiger partial charge is 0.326 e. The molecule has 1 saturated heterocycles. The number of rotatable bonds is 5. The summed E-state index contributed by atoms with van der Waals surface area (Å²) in [7, 11) is 0. The second-order valence-electron chi connectivity index (χ2n) is 7.36. The lowest BCUT2D eigenvalue weighted by Gasteiger charge is -2.28. The van der Waals surface area contributed by atoms with Crippen LogP contribution in [0.25, 0.3) is 0 Å².